The van der Waals surface area contributed by atoms with Gasteiger partial charge in [0.05, 0.1) is 5.54 Å². The number of aldehydes is 1. The summed E-state index contributed by atoms with van der Waals surface area (Å²) in [6.07, 6.45) is 3.63. The second kappa shape index (κ2) is 6.36. The van der Waals surface area contributed by atoms with E-state index in [1.807, 2.05) is 52.2 Å². The predicted octanol–water partition coefficient (Wildman–Crippen LogP) is 2.91. The molecule has 0 unspecified atom stereocenters. The van der Waals surface area contributed by atoms with E-state index in [0.29, 0.717) is 6.42 Å². The molecule has 3 nitrogen and oxygen atoms in total. The Bertz CT molecular complexity index is 504. The Hall–Kier alpha value is -1.61. The summed E-state index contributed by atoms with van der Waals surface area (Å²) in [5, 5.41) is 4.24. The Balaban J connectivity index is 0.000000771. The molecule has 0 aliphatic heterocycles. The van der Waals surface area contributed by atoms with Crippen molar-refractivity contribution in [2.75, 3.05) is 7.05 Å². The van der Waals surface area contributed by atoms with E-state index < -0.39 is 5.54 Å². The van der Waals surface area contributed by atoms with Crippen molar-refractivity contribution in [3.8, 4) is 0 Å². The van der Waals surface area contributed by atoms with E-state index in [2.05, 4.69) is 16.4 Å². The number of para-hydroxylation sites is 1. The van der Waals surface area contributed by atoms with Crippen molar-refractivity contribution in [2.45, 2.75) is 32.7 Å². The summed E-state index contributed by atoms with van der Waals surface area (Å²) in [7, 11) is 1.81. The Morgan fingerprint density at radius 3 is 2.61 bits per heavy atom. The van der Waals surface area contributed by atoms with E-state index in [9.17, 15) is 4.79 Å². The zero-order valence-corrected chi connectivity index (χ0v) is 11.6. The maximum atomic E-state index is 11.0. The van der Waals surface area contributed by atoms with Crippen LogP contribution in [0.5, 0.6) is 0 Å². The van der Waals surface area contributed by atoms with Crippen LogP contribution in [-0.2, 0) is 11.2 Å². The number of likely N-dealkylation sites (N-methyl/N-ethyl adjacent to an activating group) is 1. The number of hydrogen-bond donors (Lipinski definition) is 2. The topological polar surface area (TPSA) is 44.9 Å². The second-order valence-electron chi connectivity index (χ2n) is 4.32. The van der Waals surface area contributed by atoms with Crippen molar-refractivity contribution in [1.82, 2.24) is 10.3 Å². The lowest BCUT2D eigenvalue weighted by Gasteiger charge is -2.21. The highest BCUT2D eigenvalue weighted by Crippen LogP contribution is 2.21. The van der Waals surface area contributed by atoms with E-state index in [1.54, 1.807) is 0 Å². The molecule has 2 aromatic rings. The monoisotopic (exact) mass is 246 g/mol. The lowest BCUT2D eigenvalue weighted by molar-refractivity contribution is -0.112. The van der Waals surface area contributed by atoms with Crippen molar-refractivity contribution in [1.29, 1.82) is 0 Å². The smallest absolute Gasteiger partial charge is 0.140 e. The van der Waals surface area contributed by atoms with Gasteiger partial charge in [-0.2, -0.15) is 0 Å². The van der Waals surface area contributed by atoms with Crippen LogP contribution in [0.3, 0.4) is 0 Å². The third-order valence-electron chi connectivity index (χ3n) is 3.06. The van der Waals surface area contributed by atoms with E-state index >= 15 is 0 Å². The minimum Gasteiger partial charge on any atom is -0.361 e. The molecule has 1 aromatic carbocycles. The number of hydrogen-bond acceptors (Lipinski definition) is 2. The maximum Gasteiger partial charge on any atom is 0.140 e. The van der Waals surface area contributed by atoms with Crippen LogP contribution in [0.15, 0.2) is 30.5 Å². The van der Waals surface area contributed by atoms with E-state index in [0.717, 1.165) is 11.8 Å². The number of fused-ring (bicyclic) bond motifs is 1. The quantitative estimate of drug-likeness (QED) is 0.815. The molecule has 0 amide bonds. The summed E-state index contributed by atoms with van der Waals surface area (Å²) in [5.41, 5.74) is 1.78. The number of carbonyl (C=O) groups excluding carboxylic acids is 1. The normalized spacial score (nSPS) is 13.6. The van der Waals surface area contributed by atoms with Crippen LogP contribution < -0.4 is 5.32 Å². The van der Waals surface area contributed by atoms with Gasteiger partial charge in [0.1, 0.15) is 6.29 Å². The van der Waals surface area contributed by atoms with Gasteiger partial charge in [0.25, 0.3) is 0 Å². The van der Waals surface area contributed by atoms with Crippen molar-refractivity contribution in [3.63, 3.8) is 0 Å². The fourth-order valence-corrected chi connectivity index (χ4v) is 1.86. The molecule has 18 heavy (non-hydrogen) atoms. The number of carbonyl (C=O) groups is 1. The molecule has 1 aromatic heterocycles. The Labute approximate surface area is 109 Å². The third-order valence-corrected chi connectivity index (χ3v) is 3.06. The Morgan fingerprint density at radius 1 is 1.33 bits per heavy atom. The molecule has 0 bridgehead atoms. The Morgan fingerprint density at radius 2 is 2.00 bits per heavy atom. The van der Waals surface area contributed by atoms with Gasteiger partial charge in [0, 0.05) is 17.1 Å². The van der Waals surface area contributed by atoms with Gasteiger partial charge in [-0.15, -0.1) is 0 Å². The SMILES string of the molecule is CC.CN[C@](C)(C=O)Cc1c[nH]c2ccccc12. The van der Waals surface area contributed by atoms with Crippen LogP contribution in [0.25, 0.3) is 10.9 Å². The standard InChI is InChI=1S/C13H16N2O.C2H6/c1-13(9-16,14-2)7-10-8-15-12-6-4-3-5-11(10)12;1-2/h3-6,8-9,14-15H,7H2,1-2H3;1-2H3/t13-;/m0./s1. The Kier molecular flexibility index (Phi) is 5.10. The molecule has 0 aliphatic carbocycles. The van der Waals surface area contributed by atoms with Crippen LogP contribution >= 0.6 is 0 Å². The van der Waals surface area contributed by atoms with Gasteiger partial charge in [-0.05, 0) is 32.0 Å². The zero-order valence-electron chi connectivity index (χ0n) is 11.6. The highest BCUT2D eigenvalue weighted by molar-refractivity contribution is 5.83. The molecule has 0 aliphatic rings. The van der Waals surface area contributed by atoms with Crippen molar-refractivity contribution >= 4 is 17.2 Å². The average molecular weight is 246 g/mol. The molecule has 1 heterocycles. The summed E-state index contributed by atoms with van der Waals surface area (Å²) < 4.78 is 0. The molecule has 0 spiro atoms. The van der Waals surface area contributed by atoms with Crippen molar-refractivity contribution in [3.05, 3.63) is 36.0 Å². The molecular formula is C15H22N2O. The largest absolute Gasteiger partial charge is 0.361 e. The van der Waals surface area contributed by atoms with E-state index in [-0.39, 0.29) is 0 Å². The summed E-state index contributed by atoms with van der Waals surface area (Å²) in [6.45, 7) is 5.90. The van der Waals surface area contributed by atoms with Crippen LogP contribution in [0.4, 0.5) is 0 Å². The fourth-order valence-electron chi connectivity index (χ4n) is 1.86. The van der Waals surface area contributed by atoms with Gasteiger partial charge in [-0.25, -0.2) is 0 Å². The first-order valence-electron chi connectivity index (χ1n) is 6.39. The molecule has 1 atom stereocenters. The second-order valence-corrected chi connectivity index (χ2v) is 4.32. The minimum atomic E-state index is -0.495. The summed E-state index contributed by atoms with van der Waals surface area (Å²) in [5.74, 6) is 0. The fraction of sp³-hybridized carbons (Fsp3) is 0.400. The molecule has 98 valence electrons. The van der Waals surface area contributed by atoms with Gasteiger partial charge < -0.3 is 15.1 Å². The lowest BCUT2D eigenvalue weighted by atomic mass is 9.94. The van der Waals surface area contributed by atoms with Crippen LogP contribution in [0, 0.1) is 0 Å². The van der Waals surface area contributed by atoms with Gasteiger partial charge in [-0.1, -0.05) is 32.0 Å². The van der Waals surface area contributed by atoms with E-state index in [4.69, 9.17) is 0 Å². The number of H-pyrrole nitrogens is 1. The van der Waals surface area contributed by atoms with Crippen LogP contribution in [-0.4, -0.2) is 23.9 Å². The summed E-state index contributed by atoms with van der Waals surface area (Å²) >= 11 is 0. The number of aromatic nitrogens is 1. The molecule has 0 saturated heterocycles. The first-order chi connectivity index (χ1) is 8.68. The van der Waals surface area contributed by atoms with Crippen LogP contribution in [0.2, 0.25) is 0 Å². The highest BCUT2D eigenvalue weighted by atomic mass is 16.1. The molecule has 0 radical (unpaired) electrons. The van der Waals surface area contributed by atoms with Gasteiger partial charge in [0.2, 0.25) is 0 Å². The third kappa shape index (κ3) is 2.99. The molecule has 0 fully saturated rings. The molecule has 2 rings (SSSR count). The number of nitrogens with one attached hydrogen (secondary N) is 2. The summed E-state index contributed by atoms with van der Waals surface area (Å²) in [6, 6.07) is 8.12. The molecule has 2 N–H and O–H groups in total. The lowest BCUT2D eigenvalue weighted by Crippen LogP contribution is -2.43. The van der Waals surface area contributed by atoms with Gasteiger partial charge in [-0.3, -0.25) is 0 Å². The number of rotatable bonds is 4. The highest BCUT2D eigenvalue weighted by Gasteiger charge is 2.22. The van der Waals surface area contributed by atoms with Crippen LogP contribution in [0.1, 0.15) is 26.3 Å². The molecule has 3 heteroatoms. The van der Waals surface area contributed by atoms with Gasteiger partial charge >= 0.3 is 0 Å². The minimum absolute atomic E-state index is 0.495. The molecular weight excluding hydrogens is 224 g/mol. The van der Waals surface area contributed by atoms with Crippen molar-refractivity contribution < 1.29 is 4.79 Å². The number of benzene rings is 1. The molecule has 0 saturated carbocycles. The zero-order chi connectivity index (χ0) is 13.6. The number of aromatic amines is 1. The van der Waals surface area contributed by atoms with Gasteiger partial charge in [0.15, 0.2) is 0 Å². The predicted molar refractivity (Wildman–Crippen MR) is 76.9 cm³/mol. The summed E-state index contributed by atoms with van der Waals surface area (Å²) in [4.78, 5) is 14.3. The van der Waals surface area contributed by atoms with E-state index in [1.165, 1.54) is 10.9 Å². The van der Waals surface area contributed by atoms with Crippen molar-refractivity contribution in [2.24, 2.45) is 0 Å². The maximum absolute atomic E-state index is 11.0. The average Bonchev–Trinajstić information content (AvgIpc) is 2.84. The first kappa shape index (κ1) is 14.5. The first-order valence-corrected chi connectivity index (χ1v) is 6.39.